The van der Waals surface area contributed by atoms with E-state index in [1.807, 2.05) is 0 Å². The number of ether oxygens (including phenoxy) is 1. The Morgan fingerprint density at radius 2 is 1.83 bits per heavy atom. The van der Waals surface area contributed by atoms with Gasteiger partial charge >= 0.3 is 6.18 Å². The van der Waals surface area contributed by atoms with Crippen molar-refractivity contribution in [2.24, 2.45) is 5.73 Å². The van der Waals surface area contributed by atoms with Crippen LogP contribution >= 0.6 is 0 Å². The number of nitrogens with two attached hydrogens (primary N) is 1. The molecule has 0 saturated heterocycles. The minimum Gasteiger partial charge on any atom is -0.489 e. The van der Waals surface area contributed by atoms with Crippen LogP contribution in [0.4, 0.5) is 17.6 Å². The molecular weight excluding hydrogens is 394 g/mol. The van der Waals surface area contributed by atoms with Crippen molar-refractivity contribution in [2.75, 3.05) is 0 Å². The van der Waals surface area contributed by atoms with E-state index in [4.69, 9.17) is 10.5 Å². The lowest BCUT2D eigenvalue weighted by atomic mass is 10.0. The van der Waals surface area contributed by atoms with E-state index in [0.29, 0.717) is 11.3 Å². The van der Waals surface area contributed by atoms with E-state index in [1.54, 1.807) is 4.98 Å². The van der Waals surface area contributed by atoms with E-state index in [0.717, 1.165) is 6.07 Å². The SMILES string of the molecule is NC(=O)c1cc(-c2ccc(OCc3ccc(F)nc3)cc2)c(C(F)(F)F)[nH]c1=O. The van der Waals surface area contributed by atoms with E-state index < -0.39 is 40.4 Å². The Hall–Kier alpha value is -3.69. The maximum atomic E-state index is 13.3. The Morgan fingerprint density at radius 1 is 1.14 bits per heavy atom. The molecule has 3 N–H and O–H groups in total. The fourth-order valence-corrected chi connectivity index (χ4v) is 2.55. The van der Waals surface area contributed by atoms with E-state index in [9.17, 15) is 27.2 Å². The Balaban J connectivity index is 1.90. The maximum absolute atomic E-state index is 13.3. The van der Waals surface area contributed by atoms with Gasteiger partial charge in [-0.2, -0.15) is 17.6 Å². The number of nitrogens with zero attached hydrogens (tertiary/aromatic N) is 1. The molecule has 0 unspecified atom stereocenters. The summed E-state index contributed by atoms with van der Waals surface area (Å²) >= 11 is 0. The summed E-state index contributed by atoms with van der Waals surface area (Å²) in [5, 5.41) is 0. The molecule has 0 saturated carbocycles. The Morgan fingerprint density at radius 3 is 2.38 bits per heavy atom. The van der Waals surface area contributed by atoms with Gasteiger partial charge in [0.15, 0.2) is 0 Å². The molecule has 0 aliphatic heterocycles. The van der Waals surface area contributed by atoms with Crippen LogP contribution in [0.1, 0.15) is 21.6 Å². The van der Waals surface area contributed by atoms with Gasteiger partial charge in [-0.25, -0.2) is 4.98 Å². The van der Waals surface area contributed by atoms with Gasteiger partial charge < -0.3 is 15.5 Å². The topological polar surface area (TPSA) is 98.1 Å². The zero-order chi connectivity index (χ0) is 21.2. The second-order valence-corrected chi connectivity index (χ2v) is 5.97. The van der Waals surface area contributed by atoms with Crippen molar-refractivity contribution in [3.05, 3.63) is 81.8 Å². The number of rotatable bonds is 5. The first-order valence-corrected chi connectivity index (χ1v) is 8.13. The van der Waals surface area contributed by atoms with E-state index in [-0.39, 0.29) is 12.2 Å². The lowest BCUT2D eigenvalue weighted by Gasteiger charge is -2.14. The minimum absolute atomic E-state index is 0.0743. The molecule has 0 aliphatic carbocycles. The molecule has 3 aromatic rings. The van der Waals surface area contributed by atoms with Crippen LogP contribution in [-0.2, 0) is 12.8 Å². The van der Waals surface area contributed by atoms with E-state index in [2.05, 4.69) is 4.98 Å². The highest BCUT2D eigenvalue weighted by Crippen LogP contribution is 2.35. The van der Waals surface area contributed by atoms with Crippen LogP contribution in [0.15, 0.2) is 53.5 Å². The first-order valence-electron chi connectivity index (χ1n) is 8.13. The number of carbonyl (C=O) groups is 1. The molecule has 3 rings (SSSR count). The lowest BCUT2D eigenvalue weighted by molar-refractivity contribution is -0.140. The highest BCUT2D eigenvalue weighted by molar-refractivity contribution is 5.94. The summed E-state index contributed by atoms with van der Waals surface area (Å²) in [7, 11) is 0. The number of aromatic nitrogens is 2. The summed E-state index contributed by atoms with van der Waals surface area (Å²) in [6.45, 7) is 0.0743. The number of amides is 1. The zero-order valence-electron chi connectivity index (χ0n) is 14.6. The first kappa shape index (κ1) is 20.1. The van der Waals surface area contributed by atoms with E-state index in [1.165, 1.54) is 42.6 Å². The molecule has 0 spiro atoms. The second kappa shape index (κ2) is 7.74. The van der Waals surface area contributed by atoms with Gasteiger partial charge in [-0.05, 0) is 35.9 Å². The number of nitrogens with one attached hydrogen (secondary N) is 1. The third-order valence-electron chi connectivity index (χ3n) is 3.95. The smallest absolute Gasteiger partial charge is 0.431 e. The van der Waals surface area contributed by atoms with Crippen molar-refractivity contribution < 1.29 is 27.1 Å². The maximum Gasteiger partial charge on any atom is 0.431 e. The van der Waals surface area contributed by atoms with Gasteiger partial charge in [0.25, 0.3) is 11.5 Å². The largest absolute Gasteiger partial charge is 0.489 e. The number of hydrogen-bond acceptors (Lipinski definition) is 4. The molecule has 29 heavy (non-hydrogen) atoms. The molecular formula is C19H13F4N3O3. The molecule has 6 nitrogen and oxygen atoms in total. The van der Waals surface area contributed by atoms with Crippen LogP contribution in [0.25, 0.3) is 11.1 Å². The fraction of sp³-hybridized carbons (Fsp3) is 0.105. The number of pyridine rings is 2. The van der Waals surface area contributed by atoms with Gasteiger partial charge in [-0.1, -0.05) is 12.1 Å². The molecule has 0 radical (unpaired) electrons. The number of primary amides is 1. The summed E-state index contributed by atoms with van der Waals surface area (Å²) in [5.41, 5.74) is 2.25. The molecule has 2 aromatic heterocycles. The fourth-order valence-electron chi connectivity index (χ4n) is 2.55. The first-order chi connectivity index (χ1) is 13.6. The van der Waals surface area contributed by atoms with Crippen LogP contribution in [-0.4, -0.2) is 15.9 Å². The van der Waals surface area contributed by atoms with Crippen molar-refractivity contribution in [3.63, 3.8) is 0 Å². The molecule has 150 valence electrons. The van der Waals surface area contributed by atoms with Gasteiger partial charge in [0.1, 0.15) is 23.6 Å². The van der Waals surface area contributed by atoms with Crippen LogP contribution in [0.3, 0.4) is 0 Å². The number of carbonyl (C=O) groups excluding carboxylic acids is 1. The number of alkyl halides is 3. The van der Waals surface area contributed by atoms with Gasteiger partial charge in [-0.3, -0.25) is 9.59 Å². The third-order valence-corrected chi connectivity index (χ3v) is 3.95. The number of benzene rings is 1. The normalized spacial score (nSPS) is 11.3. The number of H-pyrrole nitrogens is 1. The second-order valence-electron chi connectivity index (χ2n) is 5.97. The molecule has 2 heterocycles. The monoisotopic (exact) mass is 407 g/mol. The molecule has 0 bridgehead atoms. The quantitative estimate of drug-likeness (QED) is 0.501. The van der Waals surface area contributed by atoms with Crippen LogP contribution in [0.2, 0.25) is 0 Å². The highest BCUT2D eigenvalue weighted by atomic mass is 19.4. The molecule has 1 aromatic carbocycles. The summed E-state index contributed by atoms with van der Waals surface area (Å²) < 4.78 is 58.2. The summed E-state index contributed by atoms with van der Waals surface area (Å²) in [6.07, 6.45) is -3.56. The average molecular weight is 407 g/mol. The summed E-state index contributed by atoms with van der Waals surface area (Å²) in [6, 6.07) is 8.98. The molecule has 0 atom stereocenters. The van der Waals surface area contributed by atoms with E-state index >= 15 is 0 Å². The third kappa shape index (κ3) is 4.60. The minimum atomic E-state index is -4.85. The molecule has 0 aliphatic rings. The Bertz CT molecular complexity index is 1090. The zero-order valence-corrected chi connectivity index (χ0v) is 14.6. The standard InChI is InChI=1S/C19H13F4N3O3/c20-15-6-1-10(8-25-15)9-29-12-4-2-11(3-5-12)13-7-14(17(24)27)18(28)26-16(13)19(21,22)23/h1-8H,9H2,(H2,24,27)(H,26,28). The summed E-state index contributed by atoms with van der Waals surface area (Å²) in [5.74, 6) is -1.44. The predicted molar refractivity (Wildman–Crippen MR) is 94.5 cm³/mol. The molecule has 1 amide bonds. The molecule has 0 fully saturated rings. The van der Waals surface area contributed by atoms with Crippen molar-refractivity contribution in [2.45, 2.75) is 12.8 Å². The van der Waals surface area contributed by atoms with Crippen molar-refractivity contribution in [3.8, 4) is 16.9 Å². The van der Waals surface area contributed by atoms with Crippen LogP contribution in [0, 0.1) is 5.95 Å². The molecule has 10 heteroatoms. The van der Waals surface area contributed by atoms with Crippen molar-refractivity contribution in [1.82, 2.24) is 9.97 Å². The van der Waals surface area contributed by atoms with Crippen LogP contribution < -0.4 is 16.0 Å². The van der Waals surface area contributed by atoms with Crippen molar-refractivity contribution >= 4 is 5.91 Å². The Labute approximate surface area is 161 Å². The van der Waals surface area contributed by atoms with Crippen molar-refractivity contribution in [1.29, 1.82) is 0 Å². The predicted octanol–water partition coefficient (Wildman–Crippen LogP) is 3.27. The Kier molecular flexibility index (Phi) is 5.35. The summed E-state index contributed by atoms with van der Waals surface area (Å²) in [4.78, 5) is 28.2. The van der Waals surface area contributed by atoms with Gasteiger partial charge in [0.2, 0.25) is 5.95 Å². The lowest BCUT2D eigenvalue weighted by Crippen LogP contribution is -2.27. The number of halogens is 4. The van der Waals surface area contributed by atoms with Gasteiger partial charge in [0, 0.05) is 17.3 Å². The average Bonchev–Trinajstić information content (AvgIpc) is 2.67. The van der Waals surface area contributed by atoms with Gasteiger partial charge in [-0.15, -0.1) is 0 Å². The van der Waals surface area contributed by atoms with Crippen LogP contribution in [0.5, 0.6) is 5.75 Å². The van der Waals surface area contributed by atoms with Gasteiger partial charge in [0.05, 0.1) is 0 Å². The highest BCUT2D eigenvalue weighted by Gasteiger charge is 2.36. The number of aromatic amines is 1. The number of hydrogen-bond donors (Lipinski definition) is 2.